The fourth-order valence-electron chi connectivity index (χ4n) is 3.16. The highest BCUT2D eigenvalue weighted by Crippen LogP contribution is 2.35. The average Bonchev–Trinajstić information content (AvgIpc) is 2.93. The molecule has 2 unspecified atom stereocenters. The fourth-order valence-corrected chi connectivity index (χ4v) is 3.36. The van der Waals surface area contributed by atoms with Crippen molar-refractivity contribution in [3.8, 4) is 0 Å². The SMILES string of the molecule is O=C(O)C1CCC(N2Cc3ccc(Cl)cc3C2)C1. The van der Waals surface area contributed by atoms with E-state index in [1.54, 1.807) is 0 Å². The molecule has 1 fully saturated rings. The zero-order valence-electron chi connectivity index (χ0n) is 10.1. The van der Waals surface area contributed by atoms with E-state index in [2.05, 4.69) is 11.0 Å². The molecule has 3 rings (SSSR count). The third kappa shape index (κ3) is 2.13. The number of carboxylic acid groups (broad SMARTS) is 1. The number of carbonyl (C=O) groups is 1. The van der Waals surface area contributed by atoms with Crippen LogP contribution in [-0.2, 0) is 17.9 Å². The Balaban J connectivity index is 1.69. The maximum atomic E-state index is 11.0. The summed E-state index contributed by atoms with van der Waals surface area (Å²) in [6.45, 7) is 1.84. The summed E-state index contributed by atoms with van der Waals surface area (Å²) >= 11 is 6.00. The minimum absolute atomic E-state index is 0.151. The first-order valence-corrected chi connectivity index (χ1v) is 6.75. The van der Waals surface area contributed by atoms with Crippen molar-refractivity contribution in [1.29, 1.82) is 0 Å². The van der Waals surface area contributed by atoms with Gasteiger partial charge in [-0.05, 0) is 42.5 Å². The topological polar surface area (TPSA) is 40.5 Å². The first-order chi connectivity index (χ1) is 8.63. The Labute approximate surface area is 111 Å². The molecular formula is C14H16ClNO2. The number of aliphatic carboxylic acids is 1. The lowest BCUT2D eigenvalue weighted by molar-refractivity contribution is -0.141. The molecule has 0 aromatic heterocycles. The highest BCUT2D eigenvalue weighted by Gasteiger charge is 2.35. The molecule has 0 saturated heterocycles. The molecule has 2 aliphatic rings. The molecule has 1 aliphatic heterocycles. The van der Waals surface area contributed by atoms with Crippen molar-refractivity contribution in [2.75, 3.05) is 0 Å². The summed E-state index contributed by atoms with van der Waals surface area (Å²) < 4.78 is 0. The molecule has 1 N–H and O–H groups in total. The monoisotopic (exact) mass is 265 g/mol. The molecule has 0 bridgehead atoms. The van der Waals surface area contributed by atoms with Crippen LogP contribution < -0.4 is 0 Å². The second-order valence-electron chi connectivity index (χ2n) is 5.32. The zero-order chi connectivity index (χ0) is 12.7. The van der Waals surface area contributed by atoms with E-state index in [0.717, 1.165) is 37.4 Å². The maximum Gasteiger partial charge on any atom is 0.306 e. The number of benzene rings is 1. The zero-order valence-corrected chi connectivity index (χ0v) is 10.9. The summed E-state index contributed by atoms with van der Waals surface area (Å²) in [6, 6.07) is 6.46. The Morgan fingerprint density at radius 1 is 1.28 bits per heavy atom. The predicted octanol–water partition coefficient (Wildman–Crippen LogP) is 2.91. The van der Waals surface area contributed by atoms with E-state index in [9.17, 15) is 4.79 Å². The molecule has 18 heavy (non-hydrogen) atoms. The Hall–Kier alpha value is -1.06. The van der Waals surface area contributed by atoms with Crippen molar-refractivity contribution in [3.05, 3.63) is 34.3 Å². The fraction of sp³-hybridized carbons (Fsp3) is 0.500. The van der Waals surface area contributed by atoms with Crippen LogP contribution in [0.5, 0.6) is 0 Å². The van der Waals surface area contributed by atoms with Crippen LogP contribution in [0.2, 0.25) is 5.02 Å². The number of fused-ring (bicyclic) bond motifs is 1. The quantitative estimate of drug-likeness (QED) is 0.894. The summed E-state index contributed by atoms with van der Waals surface area (Å²) in [6.07, 6.45) is 2.60. The van der Waals surface area contributed by atoms with Gasteiger partial charge in [0.2, 0.25) is 0 Å². The molecule has 4 heteroatoms. The van der Waals surface area contributed by atoms with E-state index in [-0.39, 0.29) is 5.92 Å². The normalized spacial score (nSPS) is 27.4. The second kappa shape index (κ2) is 4.56. The van der Waals surface area contributed by atoms with Crippen LogP contribution in [0, 0.1) is 5.92 Å². The molecule has 3 nitrogen and oxygen atoms in total. The van der Waals surface area contributed by atoms with Gasteiger partial charge in [0, 0.05) is 24.2 Å². The lowest BCUT2D eigenvalue weighted by atomic mass is 10.1. The summed E-state index contributed by atoms with van der Waals surface area (Å²) in [5.74, 6) is -0.792. The lowest BCUT2D eigenvalue weighted by Gasteiger charge is -2.23. The number of hydrogen-bond acceptors (Lipinski definition) is 2. The first kappa shape index (κ1) is 12.0. The van der Waals surface area contributed by atoms with Crippen LogP contribution in [-0.4, -0.2) is 22.0 Å². The first-order valence-electron chi connectivity index (χ1n) is 6.37. The van der Waals surface area contributed by atoms with Gasteiger partial charge in [0.05, 0.1) is 5.92 Å². The Morgan fingerprint density at radius 3 is 2.78 bits per heavy atom. The van der Waals surface area contributed by atoms with Crippen LogP contribution >= 0.6 is 11.6 Å². The van der Waals surface area contributed by atoms with Gasteiger partial charge >= 0.3 is 5.97 Å². The minimum Gasteiger partial charge on any atom is -0.481 e. The van der Waals surface area contributed by atoms with E-state index in [0.29, 0.717) is 6.04 Å². The molecule has 1 saturated carbocycles. The van der Waals surface area contributed by atoms with Gasteiger partial charge in [0.15, 0.2) is 0 Å². The summed E-state index contributed by atoms with van der Waals surface area (Å²) in [4.78, 5) is 13.4. The maximum absolute atomic E-state index is 11.0. The molecule has 1 aliphatic carbocycles. The molecule has 1 aromatic carbocycles. The molecule has 1 aromatic rings. The van der Waals surface area contributed by atoms with Crippen LogP contribution in [0.15, 0.2) is 18.2 Å². The average molecular weight is 266 g/mol. The molecule has 2 atom stereocenters. The van der Waals surface area contributed by atoms with Crippen molar-refractivity contribution >= 4 is 17.6 Å². The molecular weight excluding hydrogens is 250 g/mol. The third-order valence-corrected chi connectivity index (χ3v) is 4.42. The number of rotatable bonds is 2. The second-order valence-corrected chi connectivity index (χ2v) is 5.76. The van der Waals surface area contributed by atoms with E-state index in [4.69, 9.17) is 16.7 Å². The van der Waals surface area contributed by atoms with Gasteiger partial charge < -0.3 is 5.11 Å². The molecule has 96 valence electrons. The number of nitrogens with zero attached hydrogens (tertiary/aromatic N) is 1. The van der Waals surface area contributed by atoms with Crippen molar-refractivity contribution < 1.29 is 9.90 Å². The molecule has 0 spiro atoms. The van der Waals surface area contributed by atoms with Gasteiger partial charge in [-0.15, -0.1) is 0 Å². The van der Waals surface area contributed by atoms with Gasteiger partial charge in [0.25, 0.3) is 0 Å². The van der Waals surface area contributed by atoms with Crippen molar-refractivity contribution in [3.63, 3.8) is 0 Å². The van der Waals surface area contributed by atoms with Crippen LogP contribution in [0.4, 0.5) is 0 Å². The van der Waals surface area contributed by atoms with E-state index in [1.165, 1.54) is 11.1 Å². The Kier molecular flexibility index (Phi) is 3.04. The number of hydrogen-bond donors (Lipinski definition) is 1. The van der Waals surface area contributed by atoms with Gasteiger partial charge in [-0.1, -0.05) is 17.7 Å². The minimum atomic E-state index is -0.641. The highest BCUT2D eigenvalue weighted by molar-refractivity contribution is 6.30. The number of carboxylic acids is 1. The van der Waals surface area contributed by atoms with Crippen molar-refractivity contribution in [2.24, 2.45) is 5.92 Å². The van der Waals surface area contributed by atoms with Crippen molar-refractivity contribution in [1.82, 2.24) is 4.90 Å². The molecule has 0 amide bonds. The third-order valence-electron chi connectivity index (χ3n) is 4.19. The number of halogens is 1. The van der Waals surface area contributed by atoms with E-state index in [1.807, 2.05) is 12.1 Å². The smallest absolute Gasteiger partial charge is 0.306 e. The molecule has 1 heterocycles. The van der Waals surface area contributed by atoms with Crippen LogP contribution in [0.3, 0.4) is 0 Å². The highest BCUT2D eigenvalue weighted by atomic mass is 35.5. The standard InChI is InChI=1S/C14H16ClNO2/c15-12-3-1-10-7-16(8-11(10)5-12)13-4-2-9(6-13)14(17)18/h1,3,5,9,13H,2,4,6-8H2,(H,17,18). The van der Waals surface area contributed by atoms with Gasteiger partial charge in [0.1, 0.15) is 0 Å². The summed E-state index contributed by atoms with van der Waals surface area (Å²) in [5, 5.41) is 9.83. The van der Waals surface area contributed by atoms with Gasteiger partial charge in [-0.3, -0.25) is 9.69 Å². The van der Waals surface area contributed by atoms with E-state index >= 15 is 0 Å². The van der Waals surface area contributed by atoms with Crippen molar-refractivity contribution in [2.45, 2.75) is 38.4 Å². The predicted molar refractivity (Wildman–Crippen MR) is 69.5 cm³/mol. The lowest BCUT2D eigenvalue weighted by Crippen LogP contribution is -2.28. The van der Waals surface area contributed by atoms with E-state index < -0.39 is 5.97 Å². The largest absolute Gasteiger partial charge is 0.481 e. The Morgan fingerprint density at radius 2 is 2.06 bits per heavy atom. The van der Waals surface area contributed by atoms with Crippen LogP contribution in [0.1, 0.15) is 30.4 Å². The Bertz CT molecular complexity index is 489. The molecule has 0 radical (unpaired) electrons. The summed E-state index contributed by atoms with van der Waals surface area (Å²) in [5.41, 5.74) is 2.62. The van der Waals surface area contributed by atoms with Gasteiger partial charge in [-0.25, -0.2) is 0 Å². The van der Waals surface area contributed by atoms with Gasteiger partial charge in [-0.2, -0.15) is 0 Å². The summed E-state index contributed by atoms with van der Waals surface area (Å²) in [7, 11) is 0. The van der Waals surface area contributed by atoms with Crippen LogP contribution in [0.25, 0.3) is 0 Å².